The fraction of sp³-hybridized carbons (Fsp3) is 0.714. The normalized spacial score (nSPS) is 12.8. The van der Waals surface area contributed by atoms with Crippen LogP contribution in [0.3, 0.4) is 0 Å². The first-order chi connectivity index (χ1) is 12.2. The first kappa shape index (κ1) is 26.7. The molecule has 0 spiro atoms. The lowest BCUT2D eigenvalue weighted by atomic mass is 10.1. The molecule has 1 unspecified atom stereocenters. The molecule has 27 heavy (non-hydrogen) atoms. The Balaban J connectivity index is 0.00000676. The number of hydrogen-bond donors (Lipinski definition) is 3. The summed E-state index contributed by atoms with van der Waals surface area (Å²) in [6.07, 6.45) is 10.4. The molecule has 3 N–H and O–H groups in total. The Morgan fingerprint density at radius 3 is 2.11 bits per heavy atom. The second kappa shape index (κ2) is 13.8. The van der Waals surface area contributed by atoms with Crippen molar-refractivity contribution in [1.82, 2.24) is 0 Å². The lowest BCUT2D eigenvalue weighted by Crippen LogP contribution is -3.08. The molecule has 0 radical (unpaired) electrons. The third-order valence-corrected chi connectivity index (χ3v) is 6.42. The first-order valence-corrected chi connectivity index (χ1v) is 10.9. The number of phenols is 2. The minimum Gasteiger partial charge on any atom is -1.00 e. The molecule has 0 bridgehead atoms. The molecule has 0 heterocycles. The van der Waals surface area contributed by atoms with Crippen LogP contribution in [0.4, 0.5) is 0 Å². The van der Waals surface area contributed by atoms with Crippen molar-refractivity contribution in [2.45, 2.75) is 62.9 Å². The number of aromatic hydroxyl groups is 2. The van der Waals surface area contributed by atoms with Crippen LogP contribution >= 0.6 is 15.9 Å². The molecule has 1 rings (SSSR count). The summed E-state index contributed by atoms with van der Waals surface area (Å²) in [6, 6.07) is 5.21. The van der Waals surface area contributed by atoms with E-state index in [1.807, 2.05) is 6.07 Å². The third-order valence-electron chi connectivity index (χ3n) is 5.04. The minimum atomic E-state index is -0.0271. The number of nitrogens with zero attached hydrogens (tertiary/aromatic N) is 1. The van der Waals surface area contributed by atoms with Gasteiger partial charge in [-0.3, -0.25) is 0 Å². The summed E-state index contributed by atoms with van der Waals surface area (Å²) in [4.78, 5) is 2.07. The average molecular weight is 511 g/mol. The van der Waals surface area contributed by atoms with Crippen LogP contribution in [0.5, 0.6) is 11.5 Å². The van der Waals surface area contributed by atoms with Gasteiger partial charge in [0.25, 0.3) is 0 Å². The van der Waals surface area contributed by atoms with Gasteiger partial charge < -0.3 is 36.6 Å². The number of halogens is 2. The summed E-state index contributed by atoms with van der Waals surface area (Å²) in [5.41, 5.74) is 0.819. The monoisotopic (exact) mass is 509 g/mol. The highest BCUT2D eigenvalue weighted by atomic mass is 79.9. The fourth-order valence-corrected chi connectivity index (χ4v) is 3.61. The molecule has 1 atom stereocenters. The summed E-state index contributed by atoms with van der Waals surface area (Å²) >= 11 is 3.73. The third kappa shape index (κ3) is 11.3. The maximum atomic E-state index is 9.97. The Bertz CT molecular complexity index is 525. The van der Waals surface area contributed by atoms with Gasteiger partial charge in [-0.2, -0.15) is 0 Å². The van der Waals surface area contributed by atoms with Crippen LogP contribution < -0.4 is 21.9 Å². The van der Waals surface area contributed by atoms with E-state index in [4.69, 9.17) is 0 Å². The number of para-hydroxylation sites is 1. The number of phenolic OH excluding ortho intramolecular Hbond substituents is 2. The summed E-state index contributed by atoms with van der Waals surface area (Å²) in [7, 11) is 8.77. The molecule has 0 fully saturated rings. The van der Waals surface area contributed by atoms with E-state index in [0.717, 1.165) is 23.1 Å². The number of alkyl halides is 1. The summed E-state index contributed by atoms with van der Waals surface area (Å²) in [6.45, 7) is 1.83. The highest BCUT2D eigenvalue weighted by Crippen LogP contribution is 2.30. The molecule has 0 aliphatic carbocycles. The molecule has 158 valence electrons. The zero-order valence-corrected chi connectivity index (χ0v) is 20.7. The topological polar surface area (TPSA) is 44.9 Å². The molecular formula is C21H39Br2N2O2+. The van der Waals surface area contributed by atoms with E-state index in [-0.39, 0.29) is 28.5 Å². The number of unbranched alkanes of at least 4 members (excludes halogenated alkanes) is 6. The van der Waals surface area contributed by atoms with Gasteiger partial charge in [-0.05, 0) is 47.3 Å². The van der Waals surface area contributed by atoms with Crippen LogP contribution in [-0.4, -0.2) is 54.4 Å². The smallest absolute Gasteiger partial charge is 0.166 e. The molecular weight excluding hydrogens is 472 g/mol. The van der Waals surface area contributed by atoms with E-state index in [0.29, 0.717) is 4.95 Å². The Labute approximate surface area is 185 Å². The Morgan fingerprint density at radius 1 is 0.963 bits per heavy atom. The van der Waals surface area contributed by atoms with Gasteiger partial charge >= 0.3 is 0 Å². The van der Waals surface area contributed by atoms with Gasteiger partial charge in [0.05, 0.1) is 40.3 Å². The SMILES string of the molecule is C[NH+](C)C(Br)CCCCCCCCC[N+](C)(C)Cc1cccc(O)c1O.[Br-]. The Hall–Kier alpha value is -0.300. The van der Waals surface area contributed by atoms with Crippen LogP contribution in [-0.2, 0) is 6.54 Å². The van der Waals surface area contributed by atoms with Crippen molar-refractivity contribution >= 4 is 15.9 Å². The van der Waals surface area contributed by atoms with Gasteiger partial charge in [-0.1, -0.05) is 31.7 Å². The van der Waals surface area contributed by atoms with Crippen molar-refractivity contribution in [3.63, 3.8) is 0 Å². The first-order valence-electron chi connectivity index (χ1n) is 9.99. The molecule has 0 amide bonds. The quantitative estimate of drug-likeness (QED) is 0.120. The zero-order valence-electron chi connectivity index (χ0n) is 17.5. The van der Waals surface area contributed by atoms with Crippen molar-refractivity contribution in [2.75, 3.05) is 34.7 Å². The number of benzene rings is 1. The highest BCUT2D eigenvalue weighted by molar-refractivity contribution is 9.09. The molecule has 0 saturated heterocycles. The molecule has 0 saturated carbocycles. The molecule has 6 heteroatoms. The number of rotatable bonds is 13. The molecule has 0 aliphatic rings. The van der Waals surface area contributed by atoms with Crippen LogP contribution in [0.1, 0.15) is 56.9 Å². The van der Waals surface area contributed by atoms with Crippen LogP contribution in [0.2, 0.25) is 0 Å². The minimum absolute atomic E-state index is 0. The molecule has 1 aromatic carbocycles. The van der Waals surface area contributed by atoms with E-state index in [1.54, 1.807) is 6.07 Å². The fourth-order valence-electron chi connectivity index (χ4n) is 3.28. The van der Waals surface area contributed by atoms with Gasteiger partial charge in [0.15, 0.2) is 11.5 Å². The molecule has 0 aliphatic heterocycles. The van der Waals surface area contributed by atoms with Crippen molar-refractivity contribution in [1.29, 1.82) is 0 Å². The molecule has 0 aromatic heterocycles. The van der Waals surface area contributed by atoms with E-state index in [9.17, 15) is 10.2 Å². The van der Waals surface area contributed by atoms with Crippen LogP contribution in [0, 0.1) is 0 Å². The van der Waals surface area contributed by atoms with Gasteiger partial charge in [0.2, 0.25) is 0 Å². The van der Waals surface area contributed by atoms with Crippen molar-refractivity contribution in [3.05, 3.63) is 23.8 Å². The predicted octanol–water partition coefficient (Wildman–Crippen LogP) is 0.665. The predicted molar refractivity (Wildman–Crippen MR) is 113 cm³/mol. The highest BCUT2D eigenvalue weighted by Gasteiger charge is 2.18. The maximum Gasteiger partial charge on any atom is 0.166 e. The van der Waals surface area contributed by atoms with Gasteiger partial charge in [0.1, 0.15) is 11.5 Å². The number of hydrogen-bond acceptors (Lipinski definition) is 2. The van der Waals surface area contributed by atoms with E-state index in [2.05, 4.69) is 44.1 Å². The maximum absolute atomic E-state index is 9.97. The van der Waals surface area contributed by atoms with Crippen molar-refractivity contribution in [2.24, 2.45) is 0 Å². The second-order valence-electron chi connectivity index (χ2n) is 8.41. The summed E-state index contributed by atoms with van der Waals surface area (Å²) < 4.78 is 0.830. The van der Waals surface area contributed by atoms with Crippen LogP contribution in [0.25, 0.3) is 0 Å². The lowest BCUT2D eigenvalue weighted by molar-refractivity contribution is -0.903. The van der Waals surface area contributed by atoms with Crippen molar-refractivity contribution < 1.29 is 36.6 Å². The molecule has 4 nitrogen and oxygen atoms in total. The zero-order chi connectivity index (χ0) is 19.6. The van der Waals surface area contributed by atoms with Gasteiger partial charge in [0, 0.05) is 6.42 Å². The Kier molecular flexibility index (Phi) is 13.7. The molecule has 1 aromatic rings. The lowest BCUT2D eigenvalue weighted by Gasteiger charge is -2.30. The second-order valence-corrected chi connectivity index (χ2v) is 9.52. The Morgan fingerprint density at radius 2 is 1.52 bits per heavy atom. The number of quaternary nitrogens is 2. The van der Waals surface area contributed by atoms with E-state index >= 15 is 0 Å². The largest absolute Gasteiger partial charge is 1.00 e. The standard InChI is InChI=1S/C21H37BrN2O2.BrH/c1-23(2)20(22)15-10-8-6-5-7-9-11-16-24(3,4)17-18-13-12-14-19(25)21(18)26;/h12-14,20H,5-11,15-17H2,1-4H3,(H-,25,26);1H/p+1. The van der Waals surface area contributed by atoms with E-state index in [1.165, 1.54) is 62.3 Å². The van der Waals surface area contributed by atoms with Crippen molar-refractivity contribution in [3.8, 4) is 11.5 Å². The number of nitrogens with one attached hydrogen (secondary N) is 1. The summed E-state index contributed by atoms with van der Waals surface area (Å²) in [5.74, 6) is 0.000928. The summed E-state index contributed by atoms with van der Waals surface area (Å²) in [5, 5.41) is 19.6. The van der Waals surface area contributed by atoms with Crippen LogP contribution in [0.15, 0.2) is 18.2 Å². The van der Waals surface area contributed by atoms with E-state index < -0.39 is 0 Å². The average Bonchev–Trinajstić information content (AvgIpc) is 2.57. The van der Waals surface area contributed by atoms with Gasteiger partial charge in [-0.25, -0.2) is 0 Å². The van der Waals surface area contributed by atoms with Gasteiger partial charge in [-0.15, -0.1) is 0 Å².